The van der Waals surface area contributed by atoms with E-state index < -0.39 is 0 Å². The molecule has 0 radical (unpaired) electrons. The molecule has 4 heteroatoms. The first-order chi connectivity index (χ1) is 28.1. The van der Waals surface area contributed by atoms with Gasteiger partial charge in [-0.3, -0.25) is 0 Å². The van der Waals surface area contributed by atoms with Crippen molar-refractivity contribution >= 4 is 42.3 Å². The van der Waals surface area contributed by atoms with Gasteiger partial charge in [-0.05, 0) is 112 Å². The van der Waals surface area contributed by atoms with Gasteiger partial charge in [0.2, 0.25) is 0 Å². The van der Waals surface area contributed by atoms with Crippen molar-refractivity contribution in [1.29, 1.82) is 0 Å². The summed E-state index contributed by atoms with van der Waals surface area (Å²) in [6, 6.07) is 57.2. The molecular weight excluding hydrogens is 711 g/mol. The molecule has 0 atom stereocenters. The van der Waals surface area contributed by atoms with Gasteiger partial charge in [0, 0.05) is 36.9 Å². The van der Waals surface area contributed by atoms with Crippen LogP contribution in [0.5, 0.6) is 0 Å². The first-order valence-electron chi connectivity index (χ1n) is 20.6. The molecule has 57 heavy (non-hydrogen) atoms. The smallest absolute Gasteiger partial charge is 0.164 e. The van der Waals surface area contributed by atoms with Crippen molar-refractivity contribution in [2.75, 3.05) is 0 Å². The Kier molecular flexibility index (Phi) is 7.60. The molecular formula is C53H41N3S. The van der Waals surface area contributed by atoms with Gasteiger partial charge in [0.05, 0.1) is 0 Å². The fourth-order valence-corrected chi connectivity index (χ4v) is 12.7. The summed E-state index contributed by atoms with van der Waals surface area (Å²) in [6.07, 6.45) is 8.53. The molecule has 9 aromatic rings. The highest BCUT2D eigenvalue weighted by Gasteiger charge is 2.51. The van der Waals surface area contributed by atoms with E-state index in [0.29, 0.717) is 22.9 Å². The Hall–Kier alpha value is -5.97. The molecule has 2 aromatic heterocycles. The van der Waals surface area contributed by atoms with Crippen LogP contribution in [-0.2, 0) is 5.41 Å². The molecule has 3 nitrogen and oxygen atoms in total. The summed E-state index contributed by atoms with van der Waals surface area (Å²) >= 11 is 1.87. The summed E-state index contributed by atoms with van der Waals surface area (Å²) in [7, 11) is 0. The molecule has 0 amide bonds. The van der Waals surface area contributed by atoms with Crippen molar-refractivity contribution in [2.45, 2.75) is 43.9 Å². The number of hydrogen-bond acceptors (Lipinski definition) is 4. The normalized spacial score (nSPS) is 21.2. The highest BCUT2D eigenvalue weighted by atomic mass is 32.1. The molecule has 4 bridgehead atoms. The average molecular weight is 752 g/mol. The van der Waals surface area contributed by atoms with Gasteiger partial charge in [-0.25, -0.2) is 15.0 Å². The number of aromatic nitrogens is 3. The standard InChI is InChI=1S/C53H41N3S/c1-3-11-38(12-4-1)43-18-10-20-45-48-46(52-55-50(39-14-5-2-6-15-39)54-51(56-52)44-19-9-16-37-13-7-8-17-42(37)44)28-40(29-47(48)57-49(43)45)36-21-23-41(24-22-36)53-30-33-25-34(31-53)27-35(26-33)32-53/h1-24,28-29,33-35H,25-27,30-32H2. The number of nitrogens with zero attached hydrogens (tertiary/aromatic N) is 3. The predicted octanol–water partition coefficient (Wildman–Crippen LogP) is 14.2. The molecule has 0 saturated heterocycles. The van der Waals surface area contributed by atoms with Crippen LogP contribution in [0.25, 0.3) is 87.4 Å². The minimum absolute atomic E-state index is 0.373. The lowest BCUT2D eigenvalue weighted by molar-refractivity contribution is -0.00518. The van der Waals surface area contributed by atoms with E-state index >= 15 is 0 Å². The summed E-state index contributed by atoms with van der Waals surface area (Å²) in [5.41, 5.74) is 9.84. The van der Waals surface area contributed by atoms with Crippen LogP contribution in [0, 0.1) is 17.8 Å². The second-order valence-corrected chi connectivity index (χ2v) is 18.1. The number of thiophene rings is 1. The van der Waals surface area contributed by atoms with Crippen molar-refractivity contribution in [2.24, 2.45) is 17.8 Å². The van der Waals surface area contributed by atoms with Crippen LogP contribution in [0.2, 0.25) is 0 Å². The predicted molar refractivity (Wildman–Crippen MR) is 237 cm³/mol. The zero-order chi connectivity index (χ0) is 37.5. The van der Waals surface area contributed by atoms with Gasteiger partial charge in [0.1, 0.15) is 0 Å². The SMILES string of the molecule is c1ccc(-c2nc(-c3cccc4ccccc34)nc(-c3cc(-c4ccc(C56CC7CC(CC(C7)C5)C6)cc4)cc4sc5c(-c6ccccc6)cccc5c34)n2)cc1. The highest BCUT2D eigenvalue weighted by Crippen LogP contribution is 2.61. The van der Waals surface area contributed by atoms with Crippen LogP contribution in [0.3, 0.4) is 0 Å². The number of fused-ring (bicyclic) bond motifs is 4. The molecule has 0 aliphatic heterocycles. The van der Waals surface area contributed by atoms with E-state index in [1.54, 1.807) is 5.56 Å². The molecule has 7 aromatic carbocycles. The Morgan fingerprint density at radius 3 is 1.75 bits per heavy atom. The third-order valence-electron chi connectivity index (χ3n) is 13.5. The fourth-order valence-electron chi connectivity index (χ4n) is 11.3. The maximum atomic E-state index is 5.40. The lowest BCUT2D eigenvalue weighted by atomic mass is 9.48. The molecule has 13 rings (SSSR count). The maximum absolute atomic E-state index is 5.40. The molecule has 274 valence electrons. The largest absolute Gasteiger partial charge is 0.208 e. The Labute approximate surface area is 337 Å². The van der Waals surface area contributed by atoms with E-state index in [2.05, 4.69) is 152 Å². The topological polar surface area (TPSA) is 38.7 Å². The van der Waals surface area contributed by atoms with Gasteiger partial charge in [-0.1, -0.05) is 146 Å². The fraction of sp³-hybridized carbons (Fsp3) is 0.189. The van der Waals surface area contributed by atoms with Crippen LogP contribution in [-0.4, -0.2) is 15.0 Å². The Bertz CT molecular complexity index is 2940. The zero-order valence-corrected chi connectivity index (χ0v) is 32.6. The Morgan fingerprint density at radius 2 is 1.02 bits per heavy atom. The second-order valence-electron chi connectivity index (χ2n) is 17.0. The second kappa shape index (κ2) is 13.0. The van der Waals surface area contributed by atoms with Crippen molar-refractivity contribution in [1.82, 2.24) is 15.0 Å². The summed E-state index contributed by atoms with van der Waals surface area (Å²) in [5, 5.41) is 4.71. The van der Waals surface area contributed by atoms with Crippen LogP contribution in [0.1, 0.15) is 44.1 Å². The van der Waals surface area contributed by atoms with Gasteiger partial charge < -0.3 is 0 Å². The first kappa shape index (κ1) is 33.2. The van der Waals surface area contributed by atoms with Gasteiger partial charge in [0.15, 0.2) is 17.5 Å². The molecule has 0 N–H and O–H groups in total. The first-order valence-corrected chi connectivity index (χ1v) is 21.4. The van der Waals surface area contributed by atoms with Crippen LogP contribution in [0.15, 0.2) is 158 Å². The van der Waals surface area contributed by atoms with E-state index in [1.807, 2.05) is 17.4 Å². The van der Waals surface area contributed by atoms with E-state index in [9.17, 15) is 0 Å². The third-order valence-corrected chi connectivity index (χ3v) is 14.7. The van der Waals surface area contributed by atoms with Crippen molar-refractivity contribution in [3.63, 3.8) is 0 Å². The molecule has 4 aliphatic carbocycles. The Balaban J connectivity index is 1.08. The summed E-state index contributed by atoms with van der Waals surface area (Å²) in [6.45, 7) is 0. The quantitative estimate of drug-likeness (QED) is 0.170. The zero-order valence-electron chi connectivity index (χ0n) is 31.7. The Morgan fingerprint density at radius 1 is 0.439 bits per heavy atom. The molecule has 0 spiro atoms. The minimum atomic E-state index is 0.373. The number of rotatable bonds is 6. The molecule has 2 heterocycles. The van der Waals surface area contributed by atoms with Gasteiger partial charge in [-0.15, -0.1) is 11.3 Å². The molecule has 4 saturated carbocycles. The highest BCUT2D eigenvalue weighted by molar-refractivity contribution is 7.26. The van der Waals surface area contributed by atoms with E-state index in [1.165, 1.54) is 81.0 Å². The van der Waals surface area contributed by atoms with Crippen LogP contribution < -0.4 is 0 Å². The molecule has 0 unspecified atom stereocenters. The van der Waals surface area contributed by atoms with Gasteiger partial charge in [-0.2, -0.15) is 0 Å². The molecule has 4 fully saturated rings. The van der Waals surface area contributed by atoms with E-state index in [0.717, 1.165) is 45.2 Å². The van der Waals surface area contributed by atoms with Gasteiger partial charge >= 0.3 is 0 Å². The van der Waals surface area contributed by atoms with E-state index in [4.69, 9.17) is 15.0 Å². The van der Waals surface area contributed by atoms with Gasteiger partial charge in [0.25, 0.3) is 0 Å². The number of benzene rings is 7. The monoisotopic (exact) mass is 751 g/mol. The van der Waals surface area contributed by atoms with Crippen LogP contribution in [0.4, 0.5) is 0 Å². The van der Waals surface area contributed by atoms with E-state index in [-0.39, 0.29) is 0 Å². The molecule has 4 aliphatic rings. The van der Waals surface area contributed by atoms with Crippen molar-refractivity contribution < 1.29 is 0 Å². The summed E-state index contributed by atoms with van der Waals surface area (Å²) in [5.74, 6) is 4.82. The third kappa shape index (κ3) is 5.56. The maximum Gasteiger partial charge on any atom is 0.164 e. The number of hydrogen-bond donors (Lipinski definition) is 0. The minimum Gasteiger partial charge on any atom is -0.208 e. The lowest BCUT2D eigenvalue weighted by Gasteiger charge is -2.57. The summed E-state index contributed by atoms with van der Waals surface area (Å²) in [4.78, 5) is 15.9. The van der Waals surface area contributed by atoms with Crippen LogP contribution >= 0.6 is 11.3 Å². The average Bonchev–Trinajstić information content (AvgIpc) is 3.65. The lowest BCUT2D eigenvalue weighted by Crippen LogP contribution is -2.48. The van der Waals surface area contributed by atoms with Crippen molar-refractivity contribution in [3.8, 4) is 56.4 Å². The summed E-state index contributed by atoms with van der Waals surface area (Å²) < 4.78 is 2.51. The van der Waals surface area contributed by atoms with Crippen molar-refractivity contribution in [3.05, 3.63) is 163 Å².